The van der Waals surface area contributed by atoms with Crippen molar-refractivity contribution in [2.24, 2.45) is 0 Å². The lowest BCUT2D eigenvalue weighted by Crippen LogP contribution is -2.37. The van der Waals surface area contributed by atoms with Crippen molar-refractivity contribution in [1.29, 1.82) is 0 Å². The average molecular weight is 324 g/mol. The van der Waals surface area contributed by atoms with Crippen molar-refractivity contribution in [3.63, 3.8) is 0 Å². The second-order valence-corrected chi connectivity index (χ2v) is 6.40. The summed E-state index contributed by atoms with van der Waals surface area (Å²) in [6, 6.07) is 20.8. The number of carbonyl (C=O) groups excluding carboxylic acids is 1. The molecule has 1 aliphatic rings. The maximum atomic E-state index is 12.0. The Balaban J connectivity index is 1.45. The van der Waals surface area contributed by atoms with E-state index in [4.69, 9.17) is 4.74 Å². The number of rotatable bonds is 5. The molecule has 2 aromatic rings. The Morgan fingerprint density at radius 1 is 1.08 bits per heavy atom. The van der Waals surface area contributed by atoms with Gasteiger partial charge in [-0.1, -0.05) is 60.7 Å². The molecule has 1 saturated heterocycles. The zero-order valence-corrected chi connectivity index (χ0v) is 14.0. The van der Waals surface area contributed by atoms with Crippen molar-refractivity contribution in [3.8, 4) is 0 Å². The van der Waals surface area contributed by atoms with Crippen LogP contribution >= 0.6 is 0 Å². The van der Waals surface area contributed by atoms with E-state index in [1.54, 1.807) is 0 Å². The minimum atomic E-state index is -0.336. The molecule has 0 saturated carbocycles. The summed E-state index contributed by atoms with van der Waals surface area (Å²) in [4.78, 5) is 14.4. The number of likely N-dealkylation sites (tertiary alicyclic amines) is 1. The van der Waals surface area contributed by atoms with Gasteiger partial charge in [-0.15, -0.1) is 0 Å². The molecule has 24 heavy (non-hydrogen) atoms. The van der Waals surface area contributed by atoms with Crippen LogP contribution in [0.15, 0.2) is 60.7 Å². The highest BCUT2D eigenvalue weighted by atomic mass is 16.5. The van der Waals surface area contributed by atoms with Crippen LogP contribution in [0.1, 0.15) is 24.5 Å². The highest BCUT2D eigenvalue weighted by Crippen LogP contribution is 2.20. The van der Waals surface area contributed by atoms with Gasteiger partial charge in [0.05, 0.1) is 0 Å². The van der Waals surface area contributed by atoms with Crippen LogP contribution in [0.25, 0.3) is 0 Å². The summed E-state index contributed by atoms with van der Waals surface area (Å²) in [5.41, 5.74) is 2.30. The molecule has 1 heterocycles. The predicted octanol–water partition coefficient (Wildman–Crippen LogP) is 3.58. The van der Waals surface area contributed by atoms with Gasteiger partial charge in [0.1, 0.15) is 6.61 Å². The quantitative estimate of drug-likeness (QED) is 0.914. The minimum absolute atomic E-state index is 0.145. The van der Waals surface area contributed by atoms with Crippen LogP contribution in [0, 0.1) is 0 Å². The van der Waals surface area contributed by atoms with Crippen molar-refractivity contribution in [2.45, 2.75) is 38.6 Å². The number of ether oxygens (including phenoxy) is 1. The topological polar surface area (TPSA) is 41.6 Å². The number of hydrogen-bond donors (Lipinski definition) is 1. The fraction of sp³-hybridized carbons (Fsp3) is 0.350. The summed E-state index contributed by atoms with van der Waals surface area (Å²) in [7, 11) is 0. The van der Waals surface area contributed by atoms with Crippen molar-refractivity contribution in [3.05, 3.63) is 71.8 Å². The lowest BCUT2D eigenvalue weighted by atomic mass is 10.2. The van der Waals surface area contributed by atoms with Crippen LogP contribution in [0.4, 0.5) is 4.79 Å². The van der Waals surface area contributed by atoms with Crippen molar-refractivity contribution >= 4 is 6.09 Å². The third-order valence-corrected chi connectivity index (χ3v) is 4.47. The molecule has 4 heteroatoms. The number of nitrogens with one attached hydrogen (secondary N) is 1. The first kappa shape index (κ1) is 16.5. The second-order valence-electron chi connectivity index (χ2n) is 6.40. The van der Waals surface area contributed by atoms with E-state index in [1.165, 1.54) is 5.56 Å². The summed E-state index contributed by atoms with van der Waals surface area (Å²) in [5, 5.41) is 2.99. The Labute approximate surface area is 143 Å². The first-order valence-corrected chi connectivity index (χ1v) is 8.46. The van der Waals surface area contributed by atoms with E-state index < -0.39 is 0 Å². The van der Waals surface area contributed by atoms with Gasteiger partial charge in [0, 0.05) is 25.2 Å². The molecule has 1 fully saturated rings. The van der Waals surface area contributed by atoms with E-state index in [0.29, 0.717) is 12.6 Å². The van der Waals surface area contributed by atoms with E-state index in [-0.39, 0.29) is 12.1 Å². The Hall–Kier alpha value is -2.33. The van der Waals surface area contributed by atoms with Crippen LogP contribution in [-0.4, -0.2) is 29.6 Å². The summed E-state index contributed by atoms with van der Waals surface area (Å²) >= 11 is 0. The molecule has 0 spiro atoms. The lowest BCUT2D eigenvalue weighted by Gasteiger charge is -2.20. The van der Waals surface area contributed by atoms with E-state index in [0.717, 1.165) is 25.1 Å². The second kappa shape index (κ2) is 7.97. The lowest BCUT2D eigenvalue weighted by molar-refractivity contribution is 0.135. The van der Waals surface area contributed by atoms with Crippen molar-refractivity contribution in [1.82, 2.24) is 10.2 Å². The van der Waals surface area contributed by atoms with Crippen molar-refractivity contribution < 1.29 is 9.53 Å². The number of amides is 1. The first-order valence-electron chi connectivity index (χ1n) is 8.46. The molecule has 0 radical (unpaired) electrons. The molecule has 2 unspecified atom stereocenters. The van der Waals surface area contributed by atoms with Gasteiger partial charge in [-0.25, -0.2) is 4.79 Å². The minimum Gasteiger partial charge on any atom is -0.445 e. The fourth-order valence-electron chi connectivity index (χ4n) is 3.17. The van der Waals surface area contributed by atoms with Gasteiger partial charge in [0.25, 0.3) is 0 Å². The first-order chi connectivity index (χ1) is 11.7. The Morgan fingerprint density at radius 2 is 1.71 bits per heavy atom. The van der Waals surface area contributed by atoms with Gasteiger partial charge in [0.15, 0.2) is 0 Å². The van der Waals surface area contributed by atoms with Crippen LogP contribution in [-0.2, 0) is 17.9 Å². The molecule has 1 N–H and O–H groups in total. The highest BCUT2D eigenvalue weighted by Gasteiger charge is 2.30. The summed E-state index contributed by atoms with van der Waals surface area (Å²) in [6.07, 6.45) is 0.616. The molecule has 2 atom stereocenters. The normalized spacial score (nSPS) is 20.7. The number of carbonyl (C=O) groups is 1. The van der Waals surface area contributed by atoms with Crippen molar-refractivity contribution in [2.75, 3.05) is 6.54 Å². The van der Waals surface area contributed by atoms with Gasteiger partial charge in [-0.3, -0.25) is 4.90 Å². The molecule has 0 bridgehead atoms. The average Bonchev–Trinajstić information content (AvgIpc) is 2.94. The van der Waals surface area contributed by atoms with E-state index in [9.17, 15) is 4.79 Å². The van der Waals surface area contributed by atoms with Gasteiger partial charge in [-0.2, -0.15) is 0 Å². The molecule has 0 aromatic heterocycles. The van der Waals surface area contributed by atoms with E-state index >= 15 is 0 Å². The highest BCUT2D eigenvalue weighted by molar-refractivity contribution is 5.67. The van der Waals surface area contributed by atoms with Gasteiger partial charge in [0.2, 0.25) is 0 Å². The maximum Gasteiger partial charge on any atom is 0.407 e. The monoisotopic (exact) mass is 324 g/mol. The number of hydrogen-bond acceptors (Lipinski definition) is 3. The Kier molecular flexibility index (Phi) is 5.49. The predicted molar refractivity (Wildman–Crippen MR) is 94.5 cm³/mol. The molecule has 126 valence electrons. The van der Waals surface area contributed by atoms with Gasteiger partial charge in [-0.05, 0) is 24.5 Å². The Morgan fingerprint density at radius 3 is 2.38 bits per heavy atom. The number of benzene rings is 2. The fourth-order valence-corrected chi connectivity index (χ4v) is 3.17. The Bertz CT molecular complexity index is 645. The molecule has 2 aromatic carbocycles. The zero-order chi connectivity index (χ0) is 16.8. The summed E-state index contributed by atoms with van der Waals surface area (Å²) in [5.74, 6) is 0. The molecule has 1 amide bonds. The molecule has 3 rings (SSSR count). The van der Waals surface area contributed by atoms with Crippen LogP contribution < -0.4 is 5.32 Å². The third kappa shape index (κ3) is 4.59. The van der Waals surface area contributed by atoms with E-state index in [2.05, 4.69) is 41.4 Å². The SMILES string of the molecule is CC1CC(NC(=O)OCc2ccccc2)CN1Cc1ccccc1. The maximum absolute atomic E-state index is 12.0. The molecule has 0 aliphatic carbocycles. The van der Waals surface area contributed by atoms with Gasteiger partial charge >= 0.3 is 6.09 Å². The number of alkyl carbamates (subject to hydrolysis) is 1. The van der Waals surface area contributed by atoms with Crippen LogP contribution in [0.2, 0.25) is 0 Å². The molecule has 1 aliphatic heterocycles. The number of nitrogens with zero attached hydrogens (tertiary/aromatic N) is 1. The van der Waals surface area contributed by atoms with Gasteiger partial charge < -0.3 is 10.1 Å². The molecular formula is C20H24N2O2. The van der Waals surface area contributed by atoms with Crippen LogP contribution in [0.3, 0.4) is 0 Å². The smallest absolute Gasteiger partial charge is 0.407 e. The van der Waals surface area contributed by atoms with E-state index in [1.807, 2.05) is 36.4 Å². The third-order valence-electron chi connectivity index (χ3n) is 4.47. The summed E-state index contributed by atoms with van der Waals surface area (Å²) < 4.78 is 5.31. The molecule has 4 nitrogen and oxygen atoms in total. The standard InChI is InChI=1S/C20H24N2O2/c1-16-12-19(14-22(16)13-17-8-4-2-5-9-17)21-20(23)24-15-18-10-6-3-7-11-18/h2-11,16,19H,12-15H2,1H3,(H,21,23). The largest absolute Gasteiger partial charge is 0.445 e. The zero-order valence-electron chi connectivity index (χ0n) is 14.0. The summed E-state index contributed by atoms with van der Waals surface area (Å²) in [6.45, 7) is 4.29. The van der Waals surface area contributed by atoms with Crippen LogP contribution in [0.5, 0.6) is 0 Å². The molecular weight excluding hydrogens is 300 g/mol.